The fourth-order valence-corrected chi connectivity index (χ4v) is 5.08. The van der Waals surface area contributed by atoms with Crippen molar-refractivity contribution in [2.45, 2.75) is 12.8 Å². The number of thiophene rings is 1. The van der Waals surface area contributed by atoms with Crippen LogP contribution in [0.1, 0.15) is 32.9 Å². The lowest BCUT2D eigenvalue weighted by Crippen LogP contribution is -2.22. The quantitative estimate of drug-likeness (QED) is 0.314. The number of para-hydroxylation sites is 1. The molecule has 0 aliphatic heterocycles. The number of carbonyl (C=O) groups is 2. The number of allylic oxidation sites excluding steroid dienone is 1. The zero-order valence-electron chi connectivity index (χ0n) is 18.8. The maximum atomic E-state index is 13.3. The van der Waals surface area contributed by atoms with Crippen LogP contribution in [0, 0.1) is 0 Å². The number of carbonyl (C=O) groups excluding carboxylic acids is 2. The van der Waals surface area contributed by atoms with E-state index in [4.69, 9.17) is 26.1 Å². The number of nitrogens with zero attached hydrogens (tertiary/aromatic N) is 1. The maximum absolute atomic E-state index is 13.3. The predicted octanol–water partition coefficient (Wildman–Crippen LogP) is 6.24. The van der Waals surface area contributed by atoms with Crippen molar-refractivity contribution in [2.24, 2.45) is 0 Å². The first-order valence-electron chi connectivity index (χ1n) is 11.0. The largest absolute Gasteiger partial charge is 0.495 e. The molecule has 0 saturated heterocycles. The topological polar surface area (TPSA) is 77.5 Å². The SMILES string of the molecule is COc1ccc(Cl)cc1NC(=O)COC(=O)c1c2c(nc3ccccc13)/C(=C/c1cccs1)CC2. The van der Waals surface area contributed by atoms with Crippen molar-refractivity contribution in [2.75, 3.05) is 19.0 Å². The zero-order chi connectivity index (χ0) is 24.4. The van der Waals surface area contributed by atoms with Gasteiger partial charge in [0.15, 0.2) is 6.61 Å². The fourth-order valence-electron chi connectivity index (χ4n) is 4.22. The lowest BCUT2D eigenvalue weighted by molar-refractivity contribution is -0.119. The van der Waals surface area contributed by atoms with Gasteiger partial charge >= 0.3 is 5.97 Å². The van der Waals surface area contributed by atoms with Crippen molar-refractivity contribution in [3.63, 3.8) is 0 Å². The average Bonchev–Trinajstić information content (AvgIpc) is 3.52. The summed E-state index contributed by atoms with van der Waals surface area (Å²) in [6.07, 6.45) is 3.59. The number of fused-ring (bicyclic) bond motifs is 2. The Balaban J connectivity index is 1.41. The molecule has 35 heavy (non-hydrogen) atoms. The molecule has 0 fully saturated rings. The third kappa shape index (κ3) is 4.78. The Kier molecular flexibility index (Phi) is 6.53. The number of hydrogen-bond acceptors (Lipinski definition) is 6. The molecule has 0 spiro atoms. The summed E-state index contributed by atoms with van der Waals surface area (Å²) in [5, 5.41) is 5.88. The second-order valence-corrected chi connectivity index (χ2v) is 9.40. The number of methoxy groups -OCH3 is 1. The molecule has 1 N–H and O–H groups in total. The third-order valence-electron chi connectivity index (χ3n) is 5.78. The zero-order valence-corrected chi connectivity index (χ0v) is 20.4. The number of esters is 1. The number of pyridine rings is 1. The molecule has 1 aliphatic rings. The van der Waals surface area contributed by atoms with Crippen LogP contribution in [0.2, 0.25) is 5.02 Å². The van der Waals surface area contributed by atoms with Gasteiger partial charge in [-0.3, -0.25) is 4.79 Å². The van der Waals surface area contributed by atoms with Crippen LogP contribution < -0.4 is 10.1 Å². The molecule has 6 nitrogen and oxygen atoms in total. The third-order valence-corrected chi connectivity index (χ3v) is 6.83. The van der Waals surface area contributed by atoms with Gasteiger partial charge in [-0.2, -0.15) is 0 Å². The molecule has 2 aromatic heterocycles. The number of anilines is 1. The standard InChI is InChI=1S/C27H21ClN2O4S/c1-33-23-11-9-17(28)14-22(23)29-24(31)15-34-27(32)25-19-6-2-3-7-21(19)30-26-16(8-10-20(25)26)13-18-5-4-12-35-18/h2-7,9,11-14H,8,10,15H2,1H3,(H,29,31)/b16-13+. The molecule has 2 aromatic carbocycles. The van der Waals surface area contributed by atoms with Crippen LogP contribution in [0.5, 0.6) is 5.75 Å². The summed E-state index contributed by atoms with van der Waals surface area (Å²) in [4.78, 5) is 31.8. The molecule has 8 heteroatoms. The summed E-state index contributed by atoms with van der Waals surface area (Å²) in [5.41, 5.74) is 4.34. The highest BCUT2D eigenvalue weighted by Crippen LogP contribution is 2.38. The molecule has 0 radical (unpaired) electrons. The average molecular weight is 505 g/mol. The van der Waals surface area contributed by atoms with E-state index in [0.717, 1.165) is 28.1 Å². The van der Waals surface area contributed by atoms with E-state index in [9.17, 15) is 9.59 Å². The molecule has 0 saturated carbocycles. The molecule has 0 bridgehead atoms. The van der Waals surface area contributed by atoms with Gasteiger partial charge in [0.2, 0.25) is 0 Å². The second kappa shape index (κ2) is 9.90. The van der Waals surface area contributed by atoms with Crippen molar-refractivity contribution in [1.29, 1.82) is 0 Å². The van der Waals surface area contributed by atoms with Gasteiger partial charge in [0, 0.05) is 15.3 Å². The molecule has 5 rings (SSSR count). The van der Waals surface area contributed by atoms with Crippen LogP contribution >= 0.6 is 22.9 Å². The van der Waals surface area contributed by atoms with Gasteiger partial charge in [-0.1, -0.05) is 35.9 Å². The van der Waals surface area contributed by atoms with Gasteiger partial charge in [0.25, 0.3) is 5.91 Å². The molecule has 176 valence electrons. The van der Waals surface area contributed by atoms with Crippen LogP contribution in [-0.2, 0) is 16.0 Å². The number of benzene rings is 2. The van der Waals surface area contributed by atoms with Crippen LogP contribution in [-0.4, -0.2) is 30.6 Å². The lowest BCUT2D eigenvalue weighted by atomic mass is 10.0. The monoisotopic (exact) mass is 504 g/mol. The van der Waals surface area contributed by atoms with Crippen LogP contribution in [0.15, 0.2) is 60.0 Å². The Morgan fingerprint density at radius 2 is 2.00 bits per heavy atom. The number of rotatable bonds is 6. The summed E-state index contributed by atoms with van der Waals surface area (Å²) in [6, 6.07) is 16.4. The minimum absolute atomic E-state index is 0.402. The van der Waals surface area contributed by atoms with Crippen LogP contribution in [0.25, 0.3) is 22.6 Å². The van der Waals surface area contributed by atoms with E-state index in [-0.39, 0.29) is 0 Å². The Hall–Kier alpha value is -3.68. The minimum Gasteiger partial charge on any atom is -0.495 e. The highest BCUT2D eigenvalue weighted by atomic mass is 35.5. The number of aromatic nitrogens is 1. The molecule has 0 unspecified atom stereocenters. The molecular weight excluding hydrogens is 484 g/mol. The molecular formula is C27H21ClN2O4S. The summed E-state index contributed by atoms with van der Waals surface area (Å²) in [6.45, 7) is -0.447. The summed E-state index contributed by atoms with van der Waals surface area (Å²) < 4.78 is 10.7. The number of ether oxygens (including phenoxy) is 2. The summed E-state index contributed by atoms with van der Waals surface area (Å²) >= 11 is 7.69. The Labute approximate surface area is 211 Å². The van der Waals surface area contributed by atoms with E-state index in [1.807, 2.05) is 35.7 Å². The van der Waals surface area contributed by atoms with E-state index in [1.165, 1.54) is 7.11 Å². The second-order valence-electron chi connectivity index (χ2n) is 7.99. The first-order valence-corrected chi connectivity index (χ1v) is 12.3. The number of nitrogens with one attached hydrogen (secondary N) is 1. The highest BCUT2D eigenvalue weighted by molar-refractivity contribution is 7.10. The van der Waals surface area contributed by atoms with Gasteiger partial charge in [0.05, 0.1) is 29.6 Å². The van der Waals surface area contributed by atoms with E-state index < -0.39 is 18.5 Å². The van der Waals surface area contributed by atoms with Crippen molar-refractivity contribution < 1.29 is 19.1 Å². The van der Waals surface area contributed by atoms with E-state index >= 15 is 0 Å². The van der Waals surface area contributed by atoms with Gasteiger partial charge in [-0.25, -0.2) is 9.78 Å². The maximum Gasteiger partial charge on any atom is 0.339 e. The molecule has 1 amide bonds. The molecule has 1 aliphatic carbocycles. The first kappa shape index (κ1) is 23.1. The summed E-state index contributed by atoms with van der Waals surface area (Å²) in [5.74, 6) is -0.588. The van der Waals surface area contributed by atoms with E-state index in [1.54, 1.807) is 29.5 Å². The molecule has 2 heterocycles. The van der Waals surface area contributed by atoms with Gasteiger partial charge in [0.1, 0.15) is 5.75 Å². The van der Waals surface area contributed by atoms with Crippen LogP contribution in [0.4, 0.5) is 5.69 Å². The molecule has 4 aromatic rings. The lowest BCUT2D eigenvalue weighted by Gasteiger charge is -2.13. The molecule has 0 atom stereocenters. The Morgan fingerprint density at radius 3 is 2.80 bits per heavy atom. The van der Waals surface area contributed by atoms with Crippen molar-refractivity contribution in [1.82, 2.24) is 4.98 Å². The van der Waals surface area contributed by atoms with Gasteiger partial charge in [-0.05, 0) is 65.8 Å². The minimum atomic E-state index is -0.551. The van der Waals surface area contributed by atoms with Crippen molar-refractivity contribution in [3.8, 4) is 5.75 Å². The Morgan fingerprint density at radius 1 is 1.14 bits per heavy atom. The van der Waals surface area contributed by atoms with Crippen molar-refractivity contribution in [3.05, 3.63) is 86.7 Å². The fraction of sp³-hybridized carbons (Fsp3) is 0.148. The van der Waals surface area contributed by atoms with Crippen LogP contribution in [0.3, 0.4) is 0 Å². The number of hydrogen-bond donors (Lipinski definition) is 1. The van der Waals surface area contributed by atoms with Gasteiger partial charge in [-0.15, -0.1) is 11.3 Å². The number of amides is 1. The van der Waals surface area contributed by atoms with Gasteiger partial charge < -0.3 is 14.8 Å². The van der Waals surface area contributed by atoms with E-state index in [0.29, 0.717) is 39.3 Å². The van der Waals surface area contributed by atoms with Crippen molar-refractivity contribution >= 4 is 63.1 Å². The first-order chi connectivity index (χ1) is 17.0. The highest BCUT2D eigenvalue weighted by Gasteiger charge is 2.28. The normalized spacial score (nSPS) is 13.6. The number of halogens is 1. The predicted molar refractivity (Wildman–Crippen MR) is 139 cm³/mol. The smallest absolute Gasteiger partial charge is 0.339 e. The Bertz CT molecular complexity index is 1460. The summed E-state index contributed by atoms with van der Waals surface area (Å²) in [7, 11) is 1.50. The van der Waals surface area contributed by atoms with E-state index in [2.05, 4.69) is 17.5 Å².